The predicted octanol–water partition coefficient (Wildman–Crippen LogP) is 3.77. The summed E-state index contributed by atoms with van der Waals surface area (Å²) in [6.07, 6.45) is 3.06. The molecule has 124 valence electrons. The van der Waals surface area contributed by atoms with Gasteiger partial charge in [0.2, 0.25) is 10.0 Å². The number of rotatable bonds is 4. The second-order valence-corrected chi connectivity index (χ2v) is 8.19. The molecule has 1 aromatic heterocycles. The fraction of sp³-hybridized carbons (Fsp3) is 0.444. The van der Waals surface area contributed by atoms with Crippen LogP contribution in [-0.4, -0.2) is 23.8 Å². The highest BCUT2D eigenvalue weighted by molar-refractivity contribution is 7.89. The van der Waals surface area contributed by atoms with Crippen LogP contribution in [0, 0.1) is 0 Å². The molecule has 2 atom stereocenters. The molecule has 0 amide bonds. The van der Waals surface area contributed by atoms with E-state index in [-0.39, 0.29) is 6.04 Å². The van der Waals surface area contributed by atoms with Crippen molar-refractivity contribution in [2.75, 3.05) is 6.54 Å². The summed E-state index contributed by atoms with van der Waals surface area (Å²) in [4.78, 5) is 0.386. The average molecular weight is 332 g/mol. The summed E-state index contributed by atoms with van der Waals surface area (Å²) in [6, 6.07) is 11.2. The number of hydrogen-bond acceptors (Lipinski definition) is 2. The third kappa shape index (κ3) is 2.83. The predicted molar refractivity (Wildman–Crippen MR) is 91.9 cm³/mol. The van der Waals surface area contributed by atoms with E-state index in [1.807, 2.05) is 37.4 Å². The van der Waals surface area contributed by atoms with E-state index in [9.17, 15) is 8.42 Å². The summed E-state index contributed by atoms with van der Waals surface area (Å²) in [5.74, 6) is 0.448. The number of nitrogens with zero attached hydrogens (tertiary/aromatic N) is 2. The Morgan fingerprint density at radius 2 is 1.87 bits per heavy atom. The molecule has 0 spiro atoms. The van der Waals surface area contributed by atoms with Gasteiger partial charge in [-0.25, -0.2) is 8.42 Å². The number of fused-ring (bicyclic) bond motifs is 1. The molecule has 0 fully saturated rings. The van der Waals surface area contributed by atoms with Crippen LogP contribution in [0.4, 0.5) is 0 Å². The van der Waals surface area contributed by atoms with Crippen LogP contribution in [0.1, 0.15) is 50.4 Å². The van der Waals surface area contributed by atoms with Gasteiger partial charge in [0, 0.05) is 25.0 Å². The van der Waals surface area contributed by atoms with E-state index < -0.39 is 10.0 Å². The van der Waals surface area contributed by atoms with Gasteiger partial charge in [-0.15, -0.1) is 0 Å². The summed E-state index contributed by atoms with van der Waals surface area (Å²) in [5, 5.41) is 0. The molecule has 23 heavy (non-hydrogen) atoms. The summed E-state index contributed by atoms with van der Waals surface area (Å²) >= 11 is 0. The lowest BCUT2D eigenvalue weighted by Crippen LogP contribution is -2.40. The van der Waals surface area contributed by atoms with Gasteiger partial charge in [0.15, 0.2) is 0 Å². The highest BCUT2D eigenvalue weighted by Crippen LogP contribution is 2.31. The van der Waals surface area contributed by atoms with Gasteiger partial charge >= 0.3 is 0 Å². The number of hydrogen-bond donors (Lipinski definition) is 0. The molecule has 5 heteroatoms. The van der Waals surface area contributed by atoms with Crippen LogP contribution in [0.3, 0.4) is 0 Å². The molecule has 1 aromatic carbocycles. The lowest BCUT2D eigenvalue weighted by molar-refractivity contribution is 0.282. The normalized spacial score (nSPS) is 20.2. The molecule has 1 aliphatic heterocycles. The Balaban J connectivity index is 1.90. The molecule has 2 heterocycles. The highest BCUT2D eigenvalue weighted by Gasteiger charge is 2.33. The van der Waals surface area contributed by atoms with Gasteiger partial charge in [-0.1, -0.05) is 26.0 Å². The van der Waals surface area contributed by atoms with Gasteiger partial charge in [-0.2, -0.15) is 4.31 Å². The van der Waals surface area contributed by atoms with Crippen molar-refractivity contribution in [3.63, 3.8) is 0 Å². The van der Waals surface area contributed by atoms with Crippen LogP contribution in [-0.2, 0) is 16.6 Å². The smallest absolute Gasteiger partial charge is 0.243 e. The molecule has 0 unspecified atom stereocenters. The van der Waals surface area contributed by atoms with E-state index in [0.29, 0.717) is 23.9 Å². The first-order valence-electron chi connectivity index (χ1n) is 8.22. The quantitative estimate of drug-likeness (QED) is 0.855. The summed E-state index contributed by atoms with van der Waals surface area (Å²) < 4.78 is 29.7. The molecule has 0 saturated heterocycles. The van der Waals surface area contributed by atoms with E-state index in [4.69, 9.17) is 0 Å². The van der Waals surface area contributed by atoms with E-state index in [2.05, 4.69) is 18.4 Å². The van der Waals surface area contributed by atoms with Gasteiger partial charge in [-0.3, -0.25) is 0 Å². The van der Waals surface area contributed by atoms with Crippen molar-refractivity contribution in [2.45, 2.75) is 50.6 Å². The first-order chi connectivity index (χ1) is 10.9. The zero-order valence-electron chi connectivity index (χ0n) is 13.9. The number of benzene rings is 1. The summed E-state index contributed by atoms with van der Waals surface area (Å²) in [7, 11) is -3.46. The molecule has 4 nitrogen and oxygen atoms in total. The largest absolute Gasteiger partial charge is 0.349 e. The molecule has 0 saturated carbocycles. The minimum absolute atomic E-state index is 0.141. The Morgan fingerprint density at radius 1 is 1.17 bits per heavy atom. The Bertz CT molecular complexity index is 778. The second kappa shape index (κ2) is 6.13. The van der Waals surface area contributed by atoms with Gasteiger partial charge < -0.3 is 4.57 Å². The summed E-state index contributed by atoms with van der Waals surface area (Å²) in [5.41, 5.74) is 2.24. The van der Waals surface area contributed by atoms with E-state index >= 15 is 0 Å². The fourth-order valence-electron chi connectivity index (χ4n) is 3.23. The average Bonchev–Trinajstić information content (AvgIpc) is 3.04. The molecule has 2 aromatic rings. The molecular weight excluding hydrogens is 308 g/mol. The fourth-order valence-corrected chi connectivity index (χ4v) is 4.82. The van der Waals surface area contributed by atoms with Crippen molar-refractivity contribution in [2.24, 2.45) is 0 Å². The lowest BCUT2D eigenvalue weighted by Gasteiger charge is -2.33. The minimum Gasteiger partial charge on any atom is -0.349 e. The molecule has 1 aliphatic rings. The Labute approximate surface area is 138 Å². The van der Waals surface area contributed by atoms with Gasteiger partial charge in [-0.05, 0) is 49.1 Å². The Hall–Kier alpha value is -1.59. The van der Waals surface area contributed by atoms with Crippen molar-refractivity contribution >= 4 is 10.0 Å². The Morgan fingerprint density at radius 3 is 2.52 bits per heavy atom. The van der Waals surface area contributed by atoms with Crippen LogP contribution in [0.2, 0.25) is 0 Å². The van der Waals surface area contributed by atoms with Crippen molar-refractivity contribution in [1.82, 2.24) is 8.87 Å². The van der Waals surface area contributed by atoms with Gasteiger partial charge in [0.05, 0.1) is 10.9 Å². The van der Waals surface area contributed by atoms with Gasteiger partial charge in [0.1, 0.15) is 0 Å². The third-order valence-electron chi connectivity index (χ3n) is 4.95. The maximum atomic E-state index is 13.0. The van der Waals surface area contributed by atoms with E-state index in [1.54, 1.807) is 16.4 Å². The van der Waals surface area contributed by atoms with Gasteiger partial charge in [0.25, 0.3) is 0 Å². The summed E-state index contributed by atoms with van der Waals surface area (Å²) in [6.45, 7) is 7.47. The van der Waals surface area contributed by atoms with E-state index in [0.717, 1.165) is 12.1 Å². The highest BCUT2D eigenvalue weighted by atomic mass is 32.2. The van der Waals surface area contributed by atoms with E-state index in [1.165, 1.54) is 5.56 Å². The van der Waals surface area contributed by atoms with Crippen LogP contribution < -0.4 is 0 Å². The van der Waals surface area contributed by atoms with Crippen LogP contribution in [0.5, 0.6) is 0 Å². The monoisotopic (exact) mass is 332 g/mol. The molecule has 0 bridgehead atoms. The molecule has 0 N–H and O–H groups in total. The van der Waals surface area contributed by atoms with Crippen LogP contribution >= 0.6 is 0 Å². The number of aromatic nitrogens is 1. The lowest BCUT2D eigenvalue weighted by atomic mass is 9.99. The Kier molecular flexibility index (Phi) is 4.34. The molecular formula is C18H24N2O2S. The standard InChI is InChI=1S/C18H24N2O2S/c1-4-14(2)16-7-9-17(10-8-16)23(21,22)20-13-12-19-11-5-6-18(19)15(20)3/h5-11,14-15H,4,12-13H2,1-3H3/t14-,15-/m0/s1. The van der Waals surface area contributed by atoms with Crippen molar-refractivity contribution in [3.8, 4) is 0 Å². The molecule has 0 radical (unpaired) electrons. The molecule has 0 aliphatic carbocycles. The zero-order chi connectivity index (χ0) is 16.6. The molecule has 3 rings (SSSR count). The minimum atomic E-state index is -3.46. The van der Waals surface area contributed by atoms with Crippen molar-refractivity contribution in [1.29, 1.82) is 0 Å². The SMILES string of the molecule is CC[C@H](C)c1ccc(S(=O)(=O)N2CCn3cccc3[C@@H]2C)cc1. The first kappa shape index (κ1) is 16.3. The first-order valence-corrected chi connectivity index (χ1v) is 9.66. The van der Waals surface area contributed by atoms with Crippen LogP contribution in [0.25, 0.3) is 0 Å². The number of sulfonamides is 1. The topological polar surface area (TPSA) is 42.3 Å². The zero-order valence-corrected chi connectivity index (χ0v) is 14.8. The maximum absolute atomic E-state index is 13.0. The van der Waals surface area contributed by atoms with Crippen molar-refractivity contribution < 1.29 is 8.42 Å². The maximum Gasteiger partial charge on any atom is 0.243 e. The third-order valence-corrected chi connectivity index (χ3v) is 6.94. The van der Waals surface area contributed by atoms with Crippen molar-refractivity contribution in [3.05, 3.63) is 53.9 Å². The second-order valence-electron chi connectivity index (χ2n) is 6.30. The van der Waals surface area contributed by atoms with Crippen LogP contribution in [0.15, 0.2) is 47.5 Å².